The van der Waals surface area contributed by atoms with Crippen LogP contribution in [0.3, 0.4) is 0 Å². The summed E-state index contributed by atoms with van der Waals surface area (Å²) in [7, 11) is 0. The van der Waals surface area contributed by atoms with E-state index in [1.165, 1.54) is 18.9 Å². The molecule has 0 saturated carbocycles. The number of aromatic nitrogens is 1. The fraction of sp³-hybridized carbons (Fsp3) is 0.545. The number of aryl methyl sites for hydroxylation is 1. The third-order valence-electron chi connectivity index (χ3n) is 6.06. The standard InChI is InChI=1S/C22H29FN4OS/c1-16-5-7-25(8-6-16)14-19-15-29-22(24-19)27-11-9-26(10-12-27)21(28)18-4-3-17(2)20(23)13-18/h3-4,13,15-16H,5-12,14H2,1-2H3. The molecule has 0 N–H and O–H groups in total. The van der Waals surface area contributed by atoms with E-state index in [9.17, 15) is 9.18 Å². The number of carbonyl (C=O) groups excluding carboxylic acids is 1. The summed E-state index contributed by atoms with van der Waals surface area (Å²) in [4.78, 5) is 24.1. The van der Waals surface area contributed by atoms with Crippen LogP contribution < -0.4 is 4.90 Å². The van der Waals surface area contributed by atoms with Crippen molar-refractivity contribution in [1.29, 1.82) is 0 Å². The Morgan fingerprint density at radius 2 is 1.90 bits per heavy atom. The van der Waals surface area contributed by atoms with E-state index in [0.29, 0.717) is 24.2 Å². The van der Waals surface area contributed by atoms with E-state index in [1.54, 1.807) is 30.4 Å². The lowest BCUT2D eigenvalue weighted by molar-refractivity contribution is 0.0746. The molecular weight excluding hydrogens is 387 g/mol. The number of nitrogens with zero attached hydrogens (tertiary/aromatic N) is 4. The van der Waals surface area contributed by atoms with Crippen LogP contribution in [0.25, 0.3) is 0 Å². The molecule has 2 aliphatic rings. The number of rotatable bonds is 4. The molecule has 1 aromatic carbocycles. The minimum Gasteiger partial charge on any atom is -0.345 e. The molecule has 0 spiro atoms. The van der Waals surface area contributed by atoms with Crippen LogP contribution in [0.15, 0.2) is 23.6 Å². The molecule has 2 fully saturated rings. The highest BCUT2D eigenvalue weighted by Gasteiger charge is 2.24. The number of halogens is 1. The van der Waals surface area contributed by atoms with E-state index < -0.39 is 0 Å². The van der Waals surface area contributed by atoms with Crippen molar-refractivity contribution in [1.82, 2.24) is 14.8 Å². The van der Waals surface area contributed by atoms with Gasteiger partial charge in [0.25, 0.3) is 5.91 Å². The second kappa shape index (κ2) is 8.79. The average Bonchev–Trinajstić information content (AvgIpc) is 3.20. The summed E-state index contributed by atoms with van der Waals surface area (Å²) in [5.74, 6) is 0.420. The number of likely N-dealkylation sites (tertiary alicyclic amines) is 1. The zero-order chi connectivity index (χ0) is 20.4. The molecule has 1 amide bonds. The van der Waals surface area contributed by atoms with Gasteiger partial charge in [0.1, 0.15) is 5.82 Å². The highest BCUT2D eigenvalue weighted by atomic mass is 32.1. The first-order valence-electron chi connectivity index (χ1n) is 10.5. The molecule has 0 radical (unpaired) electrons. The van der Waals surface area contributed by atoms with Crippen LogP contribution in [0, 0.1) is 18.7 Å². The Kier molecular flexibility index (Phi) is 6.15. The first-order valence-corrected chi connectivity index (χ1v) is 11.3. The molecule has 156 valence electrons. The van der Waals surface area contributed by atoms with Gasteiger partial charge in [-0.15, -0.1) is 11.3 Å². The Bertz CT molecular complexity index is 854. The number of hydrogen-bond acceptors (Lipinski definition) is 5. The van der Waals surface area contributed by atoms with Gasteiger partial charge < -0.3 is 9.80 Å². The molecule has 0 atom stereocenters. The van der Waals surface area contributed by atoms with Crippen molar-refractivity contribution in [3.05, 3.63) is 46.2 Å². The highest BCUT2D eigenvalue weighted by molar-refractivity contribution is 7.13. The van der Waals surface area contributed by atoms with Crippen LogP contribution >= 0.6 is 11.3 Å². The van der Waals surface area contributed by atoms with Gasteiger partial charge in [-0.05, 0) is 56.5 Å². The van der Waals surface area contributed by atoms with Gasteiger partial charge in [-0.1, -0.05) is 13.0 Å². The molecular formula is C22H29FN4OS. The SMILES string of the molecule is Cc1ccc(C(=O)N2CCN(c3nc(CN4CCC(C)CC4)cs3)CC2)cc1F. The van der Waals surface area contributed by atoms with Gasteiger partial charge in [0.15, 0.2) is 5.13 Å². The summed E-state index contributed by atoms with van der Waals surface area (Å²) in [5.41, 5.74) is 2.13. The summed E-state index contributed by atoms with van der Waals surface area (Å²) in [5, 5.41) is 3.21. The number of amides is 1. The maximum Gasteiger partial charge on any atom is 0.254 e. The molecule has 0 unspecified atom stereocenters. The Morgan fingerprint density at radius 1 is 1.17 bits per heavy atom. The molecule has 1 aromatic heterocycles. The van der Waals surface area contributed by atoms with Gasteiger partial charge in [0, 0.05) is 43.7 Å². The zero-order valence-electron chi connectivity index (χ0n) is 17.2. The van der Waals surface area contributed by atoms with E-state index >= 15 is 0 Å². The number of anilines is 1. The van der Waals surface area contributed by atoms with Gasteiger partial charge in [-0.25, -0.2) is 9.37 Å². The van der Waals surface area contributed by atoms with Crippen LogP contribution in [-0.4, -0.2) is 60.0 Å². The second-order valence-electron chi connectivity index (χ2n) is 8.32. The van der Waals surface area contributed by atoms with Crippen molar-refractivity contribution in [2.45, 2.75) is 33.2 Å². The normalized spacial score (nSPS) is 19.0. The van der Waals surface area contributed by atoms with Crippen LogP contribution in [0.4, 0.5) is 9.52 Å². The number of piperidine rings is 1. The summed E-state index contributed by atoms with van der Waals surface area (Å²) < 4.78 is 13.8. The van der Waals surface area contributed by atoms with E-state index in [1.807, 2.05) is 4.90 Å². The Balaban J connectivity index is 1.31. The van der Waals surface area contributed by atoms with Crippen molar-refractivity contribution in [3.63, 3.8) is 0 Å². The number of thiazole rings is 1. The topological polar surface area (TPSA) is 39.7 Å². The molecule has 5 nitrogen and oxygen atoms in total. The monoisotopic (exact) mass is 416 g/mol. The molecule has 7 heteroatoms. The Labute approximate surface area is 176 Å². The van der Waals surface area contributed by atoms with Gasteiger partial charge >= 0.3 is 0 Å². The van der Waals surface area contributed by atoms with Crippen molar-refractivity contribution in [2.75, 3.05) is 44.2 Å². The maximum atomic E-state index is 13.8. The van der Waals surface area contributed by atoms with Crippen molar-refractivity contribution >= 4 is 22.4 Å². The second-order valence-corrected chi connectivity index (χ2v) is 9.16. The molecule has 2 aliphatic heterocycles. The van der Waals surface area contributed by atoms with Gasteiger partial charge in [0.2, 0.25) is 0 Å². The number of carbonyl (C=O) groups is 1. The van der Waals surface area contributed by atoms with Crippen LogP contribution in [-0.2, 0) is 6.54 Å². The Morgan fingerprint density at radius 3 is 2.59 bits per heavy atom. The van der Waals surface area contributed by atoms with Crippen LogP contribution in [0.2, 0.25) is 0 Å². The van der Waals surface area contributed by atoms with Crippen LogP contribution in [0.5, 0.6) is 0 Å². The van der Waals surface area contributed by atoms with Gasteiger partial charge in [0.05, 0.1) is 5.69 Å². The van der Waals surface area contributed by atoms with Crippen molar-refractivity contribution < 1.29 is 9.18 Å². The maximum absolute atomic E-state index is 13.8. The molecule has 3 heterocycles. The number of benzene rings is 1. The van der Waals surface area contributed by atoms with Crippen molar-refractivity contribution in [3.8, 4) is 0 Å². The Hall–Kier alpha value is -1.99. The van der Waals surface area contributed by atoms with E-state index in [2.05, 4.69) is 22.1 Å². The summed E-state index contributed by atoms with van der Waals surface area (Å²) in [6.07, 6.45) is 2.55. The third-order valence-corrected chi connectivity index (χ3v) is 7.01. The third kappa shape index (κ3) is 4.78. The fourth-order valence-corrected chi connectivity index (χ4v) is 4.84. The van der Waals surface area contributed by atoms with Gasteiger partial charge in [-0.2, -0.15) is 0 Å². The summed E-state index contributed by atoms with van der Waals surface area (Å²) >= 11 is 1.69. The number of piperazine rings is 1. The average molecular weight is 417 g/mol. The largest absolute Gasteiger partial charge is 0.345 e. The number of hydrogen-bond donors (Lipinski definition) is 0. The molecule has 4 rings (SSSR count). The minimum absolute atomic E-state index is 0.0947. The lowest BCUT2D eigenvalue weighted by Crippen LogP contribution is -2.48. The lowest BCUT2D eigenvalue weighted by Gasteiger charge is -2.34. The lowest BCUT2D eigenvalue weighted by atomic mass is 9.99. The molecule has 0 bridgehead atoms. The predicted molar refractivity (Wildman–Crippen MR) is 115 cm³/mol. The summed E-state index contributed by atoms with van der Waals surface area (Å²) in [6.45, 7) is 10.1. The quantitative estimate of drug-likeness (QED) is 0.760. The van der Waals surface area contributed by atoms with E-state index in [-0.39, 0.29) is 11.7 Å². The molecule has 2 saturated heterocycles. The molecule has 0 aliphatic carbocycles. The predicted octanol–water partition coefficient (Wildman–Crippen LogP) is 3.78. The van der Waals surface area contributed by atoms with Gasteiger partial charge in [-0.3, -0.25) is 9.69 Å². The zero-order valence-corrected chi connectivity index (χ0v) is 18.1. The molecule has 29 heavy (non-hydrogen) atoms. The smallest absolute Gasteiger partial charge is 0.254 e. The first-order chi connectivity index (χ1) is 14.0. The van der Waals surface area contributed by atoms with Crippen molar-refractivity contribution in [2.24, 2.45) is 5.92 Å². The van der Waals surface area contributed by atoms with E-state index in [4.69, 9.17) is 4.98 Å². The summed E-state index contributed by atoms with van der Waals surface area (Å²) in [6, 6.07) is 4.72. The molecule has 2 aromatic rings. The fourth-order valence-electron chi connectivity index (χ4n) is 3.97. The first kappa shape index (κ1) is 20.3. The van der Waals surface area contributed by atoms with E-state index in [0.717, 1.165) is 49.5 Å². The highest BCUT2D eigenvalue weighted by Crippen LogP contribution is 2.25. The minimum atomic E-state index is -0.326. The van der Waals surface area contributed by atoms with Crippen LogP contribution in [0.1, 0.15) is 41.4 Å².